The molecular weight excluding hydrogens is 292 g/mol. The summed E-state index contributed by atoms with van der Waals surface area (Å²) in [4.78, 5) is 21.2. The molecule has 0 aromatic carbocycles. The van der Waals surface area contributed by atoms with Crippen LogP contribution >= 0.6 is 0 Å². The highest BCUT2D eigenvalue weighted by atomic mass is 16.2. The molecule has 1 atom stereocenters. The monoisotopic (exact) mass is 314 g/mol. The van der Waals surface area contributed by atoms with Gasteiger partial charge in [-0.25, -0.2) is 4.98 Å². The summed E-state index contributed by atoms with van der Waals surface area (Å²) >= 11 is 0. The smallest absolute Gasteiger partial charge is 0.227 e. The first-order valence-electron chi connectivity index (χ1n) is 8.02. The summed E-state index contributed by atoms with van der Waals surface area (Å²) in [6.07, 6.45) is 9.21. The molecule has 0 radical (unpaired) electrons. The minimum absolute atomic E-state index is 0.0814. The Morgan fingerprint density at radius 3 is 2.87 bits per heavy atom. The first-order chi connectivity index (χ1) is 11.0. The fourth-order valence-electron chi connectivity index (χ4n) is 3.86. The number of hydrogen-bond donors (Lipinski definition) is 0. The van der Waals surface area contributed by atoms with Crippen LogP contribution in [0.1, 0.15) is 18.7 Å². The molecule has 2 saturated heterocycles. The molecule has 2 aliphatic heterocycles. The molecule has 23 heavy (non-hydrogen) atoms. The number of aryl methyl sites for hydroxylation is 2. The Morgan fingerprint density at radius 1 is 1.30 bits per heavy atom. The van der Waals surface area contributed by atoms with Crippen LogP contribution in [0.2, 0.25) is 0 Å². The van der Waals surface area contributed by atoms with Crippen molar-refractivity contribution in [3.8, 4) is 0 Å². The highest BCUT2D eigenvalue weighted by molar-refractivity contribution is 5.96. The maximum atomic E-state index is 12.5. The minimum atomic E-state index is 0.0814. The Bertz CT molecular complexity index is 735. The van der Waals surface area contributed by atoms with E-state index in [0.29, 0.717) is 6.42 Å². The molecule has 2 aromatic heterocycles. The maximum absolute atomic E-state index is 12.5. The van der Waals surface area contributed by atoms with Gasteiger partial charge in [-0.1, -0.05) is 0 Å². The predicted molar refractivity (Wildman–Crippen MR) is 85.7 cm³/mol. The molecule has 4 rings (SSSR count). The van der Waals surface area contributed by atoms with Gasteiger partial charge in [-0.15, -0.1) is 0 Å². The third kappa shape index (κ3) is 2.55. The van der Waals surface area contributed by atoms with E-state index in [4.69, 9.17) is 0 Å². The number of carbonyl (C=O) groups excluding carboxylic acids is 1. The number of nitrogens with zero attached hydrogens (tertiary/aromatic N) is 6. The van der Waals surface area contributed by atoms with Crippen LogP contribution in [0.15, 0.2) is 24.8 Å². The largest absolute Gasteiger partial charge is 0.337 e. The first-order valence-corrected chi connectivity index (χ1v) is 8.02. The summed E-state index contributed by atoms with van der Waals surface area (Å²) in [6, 6.07) is 0. The fourth-order valence-corrected chi connectivity index (χ4v) is 3.86. The number of imidazole rings is 1. The molecule has 0 unspecified atom stereocenters. The van der Waals surface area contributed by atoms with Gasteiger partial charge in [-0.05, 0) is 13.0 Å². The molecule has 2 aliphatic rings. The van der Waals surface area contributed by atoms with E-state index in [0.717, 1.165) is 44.1 Å². The van der Waals surface area contributed by atoms with E-state index in [1.54, 1.807) is 10.9 Å². The Balaban J connectivity index is 1.46. The van der Waals surface area contributed by atoms with Crippen molar-refractivity contribution in [3.63, 3.8) is 0 Å². The van der Waals surface area contributed by atoms with Crippen LogP contribution in [-0.4, -0.2) is 49.8 Å². The van der Waals surface area contributed by atoms with Gasteiger partial charge in [0.15, 0.2) is 0 Å². The van der Waals surface area contributed by atoms with E-state index in [2.05, 4.69) is 19.5 Å². The zero-order chi connectivity index (χ0) is 16.0. The summed E-state index contributed by atoms with van der Waals surface area (Å²) in [7, 11) is 3.90. The van der Waals surface area contributed by atoms with Crippen molar-refractivity contribution in [3.05, 3.63) is 30.6 Å². The molecular formula is C16H22N6O. The van der Waals surface area contributed by atoms with Crippen molar-refractivity contribution >= 4 is 11.6 Å². The van der Waals surface area contributed by atoms with E-state index in [-0.39, 0.29) is 11.3 Å². The second kappa shape index (κ2) is 5.19. The van der Waals surface area contributed by atoms with Crippen LogP contribution in [0.3, 0.4) is 0 Å². The quantitative estimate of drug-likeness (QED) is 0.840. The van der Waals surface area contributed by atoms with Gasteiger partial charge < -0.3 is 9.47 Å². The molecule has 7 nitrogen and oxygen atoms in total. The minimum Gasteiger partial charge on any atom is -0.337 e. The fraction of sp³-hybridized carbons (Fsp3) is 0.562. The zero-order valence-corrected chi connectivity index (χ0v) is 13.6. The lowest BCUT2D eigenvalue weighted by Gasteiger charge is -2.23. The van der Waals surface area contributed by atoms with Crippen LogP contribution in [0.4, 0.5) is 5.69 Å². The van der Waals surface area contributed by atoms with E-state index in [1.165, 1.54) is 0 Å². The van der Waals surface area contributed by atoms with Crippen LogP contribution in [0.5, 0.6) is 0 Å². The van der Waals surface area contributed by atoms with Gasteiger partial charge in [0.25, 0.3) is 0 Å². The zero-order valence-electron chi connectivity index (χ0n) is 13.6. The third-order valence-electron chi connectivity index (χ3n) is 5.13. The van der Waals surface area contributed by atoms with Crippen LogP contribution < -0.4 is 4.90 Å². The molecule has 0 bridgehead atoms. The Hall–Kier alpha value is -2.15. The van der Waals surface area contributed by atoms with Crippen LogP contribution in [0.25, 0.3) is 0 Å². The van der Waals surface area contributed by atoms with E-state index >= 15 is 0 Å². The van der Waals surface area contributed by atoms with Crippen molar-refractivity contribution in [1.82, 2.24) is 24.2 Å². The van der Waals surface area contributed by atoms with Crippen molar-refractivity contribution in [2.75, 3.05) is 24.5 Å². The number of aromatic nitrogens is 4. The molecule has 122 valence electrons. The van der Waals surface area contributed by atoms with Crippen molar-refractivity contribution in [1.29, 1.82) is 0 Å². The molecule has 1 spiro atoms. The molecule has 1 amide bonds. The summed E-state index contributed by atoms with van der Waals surface area (Å²) in [5.74, 6) is 1.30. The summed E-state index contributed by atoms with van der Waals surface area (Å²) in [5.41, 5.74) is 0.995. The maximum Gasteiger partial charge on any atom is 0.227 e. The average molecular weight is 314 g/mol. The van der Waals surface area contributed by atoms with Gasteiger partial charge in [0, 0.05) is 57.6 Å². The molecule has 0 N–H and O–H groups in total. The topological polar surface area (TPSA) is 59.2 Å². The normalized spacial score (nSPS) is 25.1. The van der Waals surface area contributed by atoms with Crippen molar-refractivity contribution < 1.29 is 4.79 Å². The van der Waals surface area contributed by atoms with Gasteiger partial charge in [-0.3, -0.25) is 14.4 Å². The van der Waals surface area contributed by atoms with Crippen LogP contribution in [0, 0.1) is 5.41 Å². The number of likely N-dealkylation sites (tertiary alicyclic amines) is 1. The standard InChI is InChI=1S/C16H22N6O/c1-19-6-4-17-14(19)10-21-5-3-16(11-21)7-15(23)22(12-16)13-8-18-20(2)9-13/h4,6,8-9H,3,5,7,10-12H2,1-2H3/t16-/m1/s1. The van der Waals surface area contributed by atoms with E-state index in [9.17, 15) is 4.79 Å². The van der Waals surface area contributed by atoms with Crippen molar-refractivity contribution in [2.24, 2.45) is 19.5 Å². The number of anilines is 1. The van der Waals surface area contributed by atoms with Gasteiger partial charge >= 0.3 is 0 Å². The lowest BCUT2D eigenvalue weighted by atomic mass is 9.86. The first kappa shape index (κ1) is 14.4. The highest BCUT2D eigenvalue weighted by Gasteiger charge is 2.48. The third-order valence-corrected chi connectivity index (χ3v) is 5.13. The van der Waals surface area contributed by atoms with Gasteiger partial charge in [0.05, 0.1) is 18.4 Å². The number of carbonyl (C=O) groups is 1. The van der Waals surface area contributed by atoms with E-state index in [1.807, 2.05) is 37.6 Å². The lowest BCUT2D eigenvalue weighted by molar-refractivity contribution is -0.117. The summed E-state index contributed by atoms with van der Waals surface area (Å²) in [6.45, 7) is 3.64. The SMILES string of the molecule is Cn1cc(N2C[C@]3(CCN(Cc4nccn4C)C3)CC2=O)cn1. The molecule has 4 heterocycles. The molecule has 0 saturated carbocycles. The summed E-state index contributed by atoms with van der Waals surface area (Å²) in [5, 5.41) is 4.19. The Kier molecular flexibility index (Phi) is 3.26. The second-order valence-corrected chi connectivity index (χ2v) is 6.94. The lowest BCUT2D eigenvalue weighted by Crippen LogP contribution is -2.31. The number of hydrogen-bond acceptors (Lipinski definition) is 4. The van der Waals surface area contributed by atoms with E-state index < -0.39 is 0 Å². The van der Waals surface area contributed by atoms with Gasteiger partial charge in [-0.2, -0.15) is 5.10 Å². The Labute approximate surface area is 135 Å². The average Bonchev–Trinajstić information content (AvgIpc) is 3.24. The van der Waals surface area contributed by atoms with Gasteiger partial charge in [0.2, 0.25) is 5.91 Å². The molecule has 2 fully saturated rings. The highest BCUT2D eigenvalue weighted by Crippen LogP contribution is 2.42. The molecule has 0 aliphatic carbocycles. The number of amides is 1. The van der Waals surface area contributed by atoms with Crippen molar-refractivity contribution in [2.45, 2.75) is 19.4 Å². The number of rotatable bonds is 3. The van der Waals surface area contributed by atoms with Gasteiger partial charge in [0.1, 0.15) is 5.82 Å². The van der Waals surface area contributed by atoms with Crippen LogP contribution in [-0.2, 0) is 25.4 Å². The molecule has 2 aromatic rings. The second-order valence-electron chi connectivity index (χ2n) is 6.94. The predicted octanol–water partition coefficient (Wildman–Crippen LogP) is 0.783. The summed E-state index contributed by atoms with van der Waals surface area (Å²) < 4.78 is 3.81. The molecule has 7 heteroatoms. The Morgan fingerprint density at radius 2 is 2.17 bits per heavy atom.